The standard InChI is InChI=1S/C14H22FN/c1-14(2,3)12(10-16-4)9-11-7-5-6-8-13(11)15/h5-8,12,16H,9-10H2,1-4H3. The first-order valence-electron chi connectivity index (χ1n) is 5.83. The second-order valence-electron chi connectivity index (χ2n) is 5.42. The molecule has 0 saturated carbocycles. The van der Waals surface area contributed by atoms with Crippen LogP contribution in [0.4, 0.5) is 4.39 Å². The molecule has 0 bridgehead atoms. The van der Waals surface area contributed by atoms with Crippen LogP contribution in [0.25, 0.3) is 0 Å². The molecule has 0 heterocycles. The lowest BCUT2D eigenvalue weighted by molar-refractivity contribution is 0.233. The van der Waals surface area contributed by atoms with Crippen molar-refractivity contribution in [3.63, 3.8) is 0 Å². The Balaban J connectivity index is 2.80. The van der Waals surface area contributed by atoms with E-state index < -0.39 is 0 Å². The maximum Gasteiger partial charge on any atom is 0.126 e. The highest BCUT2D eigenvalue weighted by atomic mass is 19.1. The van der Waals surface area contributed by atoms with E-state index in [9.17, 15) is 4.39 Å². The Bertz CT molecular complexity index is 328. The van der Waals surface area contributed by atoms with Crippen LogP contribution in [-0.2, 0) is 6.42 Å². The summed E-state index contributed by atoms with van der Waals surface area (Å²) < 4.78 is 13.6. The molecule has 1 aromatic carbocycles. The van der Waals surface area contributed by atoms with Crippen LogP contribution < -0.4 is 5.32 Å². The molecule has 2 heteroatoms. The van der Waals surface area contributed by atoms with Gasteiger partial charge in [0, 0.05) is 0 Å². The Hall–Kier alpha value is -0.890. The molecule has 1 aromatic rings. The van der Waals surface area contributed by atoms with Crippen LogP contribution in [0.1, 0.15) is 26.3 Å². The predicted molar refractivity (Wildman–Crippen MR) is 67.0 cm³/mol. The molecule has 0 aliphatic rings. The highest BCUT2D eigenvalue weighted by Crippen LogP contribution is 2.29. The Morgan fingerprint density at radius 1 is 1.25 bits per heavy atom. The number of benzene rings is 1. The van der Waals surface area contributed by atoms with E-state index >= 15 is 0 Å². The normalized spacial score (nSPS) is 13.8. The van der Waals surface area contributed by atoms with Gasteiger partial charge in [0.1, 0.15) is 5.82 Å². The van der Waals surface area contributed by atoms with Crippen LogP contribution in [-0.4, -0.2) is 13.6 Å². The molecule has 0 aliphatic heterocycles. The first kappa shape index (κ1) is 13.2. The Labute approximate surface area is 98.1 Å². The minimum absolute atomic E-state index is 0.0900. The number of nitrogens with one attached hydrogen (secondary N) is 1. The van der Waals surface area contributed by atoms with Gasteiger partial charge in [-0.2, -0.15) is 0 Å². The van der Waals surface area contributed by atoms with Gasteiger partial charge in [0.25, 0.3) is 0 Å². The number of rotatable bonds is 4. The van der Waals surface area contributed by atoms with Crippen LogP contribution >= 0.6 is 0 Å². The third-order valence-corrected chi connectivity index (χ3v) is 3.10. The summed E-state index contributed by atoms with van der Waals surface area (Å²) in [6, 6.07) is 7.05. The maximum absolute atomic E-state index is 13.6. The molecule has 0 aromatic heterocycles. The summed E-state index contributed by atoms with van der Waals surface area (Å²) in [7, 11) is 1.94. The molecular formula is C14H22FN. The SMILES string of the molecule is CNCC(Cc1ccccc1F)C(C)(C)C. The summed E-state index contributed by atoms with van der Waals surface area (Å²) >= 11 is 0. The second-order valence-corrected chi connectivity index (χ2v) is 5.42. The quantitative estimate of drug-likeness (QED) is 0.826. The van der Waals surface area contributed by atoms with Gasteiger partial charge >= 0.3 is 0 Å². The Morgan fingerprint density at radius 2 is 1.88 bits per heavy atom. The summed E-state index contributed by atoms with van der Waals surface area (Å²) in [6.07, 6.45) is 0.789. The monoisotopic (exact) mass is 223 g/mol. The van der Waals surface area contributed by atoms with Gasteiger partial charge in [-0.3, -0.25) is 0 Å². The molecule has 0 spiro atoms. The van der Waals surface area contributed by atoms with Gasteiger partial charge in [-0.15, -0.1) is 0 Å². The molecule has 16 heavy (non-hydrogen) atoms. The van der Waals surface area contributed by atoms with Crippen molar-refractivity contribution in [1.82, 2.24) is 5.32 Å². The van der Waals surface area contributed by atoms with E-state index in [1.165, 1.54) is 6.07 Å². The van der Waals surface area contributed by atoms with E-state index in [4.69, 9.17) is 0 Å². The van der Waals surface area contributed by atoms with Gasteiger partial charge in [-0.25, -0.2) is 4.39 Å². The van der Waals surface area contributed by atoms with E-state index in [0.29, 0.717) is 5.92 Å². The Morgan fingerprint density at radius 3 is 2.38 bits per heavy atom. The molecule has 0 radical (unpaired) electrons. The van der Waals surface area contributed by atoms with Crippen LogP contribution in [0, 0.1) is 17.2 Å². The van der Waals surface area contributed by atoms with Crippen LogP contribution in [0.5, 0.6) is 0 Å². The second kappa shape index (κ2) is 5.44. The molecule has 90 valence electrons. The summed E-state index contributed by atoms with van der Waals surface area (Å²) in [6.45, 7) is 7.53. The van der Waals surface area contributed by atoms with Gasteiger partial charge < -0.3 is 5.32 Å². The Kier molecular flexibility index (Phi) is 4.48. The zero-order valence-electron chi connectivity index (χ0n) is 10.7. The maximum atomic E-state index is 13.6. The van der Waals surface area contributed by atoms with Gasteiger partial charge in [0.05, 0.1) is 0 Å². The van der Waals surface area contributed by atoms with E-state index in [1.54, 1.807) is 6.07 Å². The molecular weight excluding hydrogens is 201 g/mol. The predicted octanol–water partition coefficient (Wildman–Crippen LogP) is 3.25. The highest BCUT2D eigenvalue weighted by molar-refractivity contribution is 5.18. The van der Waals surface area contributed by atoms with Crippen molar-refractivity contribution in [2.45, 2.75) is 27.2 Å². The summed E-state index contributed by atoms with van der Waals surface area (Å²) in [5, 5.41) is 3.19. The van der Waals surface area contributed by atoms with Gasteiger partial charge in [-0.1, -0.05) is 39.0 Å². The first-order chi connectivity index (χ1) is 7.45. The van der Waals surface area contributed by atoms with Crippen LogP contribution in [0.3, 0.4) is 0 Å². The molecule has 0 saturated heterocycles. The zero-order chi connectivity index (χ0) is 12.2. The van der Waals surface area contributed by atoms with Crippen LogP contribution in [0.2, 0.25) is 0 Å². The summed E-state index contributed by atoms with van der Waals surface area (Å²) in [4.78, 5) is 0. The molecule has 0 amide bonds. The van der Waals surface area contributed by atoms with Crippen molar-refractivity contribution in [3.05, 3.63) is 35.6 Å². The average molecular weight is 223 g/mol. The summed E-state index contributed by atoms with van der Waals surface area (Å²) in [5.41, 5.74) is 1.00. The lowest BCUT2D eigenvalue weighted by Crippen LogP contribution is -2.32. The van der Waals surface area contributed by atoms with E-state index in [0.717, 1.165) is 18.5 Å². The van der Waals surface area contributed by atoms with E-state index in [-0.39, 0.29) is 11.2 Å². The minimum Gasteiger partial charge on any atom is -0.319 e. The fourth-order valence-electron chi connectivity index (χ4n) is 1.86. The largest absolute Gasteiger partial charge is 0.319 e. The minimum atomic E-state index is -0.0900. The molecule has 1 unspecified atom stereocenters. The fraction of sp³-hybridized carbons (Fsp3) is 0.571. The number of halogens is 1. The van der Waals surface area contributed by atoms with Crippen molar-refractivity contribution in [2.75, 3.05) is 13.6 Å². The van der Waals surface area contributed by atoms with Crippen molar-refractivity contribution in [1.29, 1.82) is 0 Å². The average Bonchev–Trinajstić information content (AvgIpc) is 2.19. The highest BCUT2D eigenvalue weighted by Gasteiger charge is 2.24. The number of hydrogen-bond donors (Lipinski definition) is 1. The van der Waals surface area contributed by atoms with E-state index in [2.05, 4.69) is 26.1 Å². The third kappa shape index (κ3) is 3.60. The van der Waals surface area contributed by atoms with Gasteiger partial charge in [-0.05, 0) is 43.0 Å². The van der Waals surface area contributed by atoms with Crippen molar-refractivity contribution >= 4 is 0 Å². The first-order valence-corrected chi connectivity index (χ1v) is 5.83. The lowest BCUT2D eigenvalue weighted by Gasteiger charge is -2.30. The molecule has 0 fully saturated rings. The van der Waals surface area contributed by atoms with Gasteiger partial charge in [0.2, 0.25) is 0 Å². The molecule has 0 aliphatic carbocycles. The van der Waals surface area contributed by atoms with Crippen molar-refractivity contribution in [2.24, 2.45) is 11.3 Å². The fourth-order valence-corrected chi connectivity index (χ4v) is 1.86. The van der Waals surface area contributed by atoms with Crippen molar-refractivity contribution in [3.8, 4) is 0 Å². The summed E-state index contributed by atoms with van der Waals surface area (Å²) in [5.74, 6) is 0.349. The molecule has 1 nitrogen and oxygen atoms in total. The third-order valence-electron chi connectivity index (χ3n) is 3.10. The van der Waals surface area contributed by atoms with E-state index in [1.807, 2.05) is 19.2 Å². The molecule has 1 N–H and O–H groups in total. The topological polar surface area (TPSA) is 12.0 Å². The lowest BCUT2D eigenvalue weighted by atomic mass is 9.77. The smallest absolute Gasteiger partial charge is 0.126 e. The number of hydrogen-bond acceptors (Lipinski definition) is 1. The van der Waals surface area contributed by atoms with Gasteiger partial charge in [0.15, 0.2) is 0 Å². The van der Waals surface area contributed by atoms with Crippen molar-refractivity contribution < 1.29 is 4.39 Å². The van der Waals surface area contributed by atoms with Crippen LogP contribution in [0.15, 0.2) is 24.3 Å². The zero-order valence-corrected chi connectivity index (χ0v) is 10.7. The molecule has 1 atom stereocenters. The molecule has 1 rings (SSSR count).